The maximum Gasteiger partial charge on any atom is 0.317 e. The summed E-state index contributed by atoms with van der Waals surface area (Å²) in [5.74, 6) is 1.48. The second kappa shape index (κ2) is 6.76. The van der Waals surface area contributed by atoms with Crippen LogP contribution in [0, 0.1) is 5.41 Å². The number of likely N-dealkylation sites (tertiary alicyclic amines) is 1. The SMILES string of the molecule is O=C(NCCc1ccc2c(c1)CCO2)N1CCC[C@]2(CCS(=O)(=O)C2)C1. The Labute approximate surface area is 154 Å². The van der Waals surface area contributed by atoms with E-state index in [2.05, 4.69) is 17.4 Å². The van der Waals surface area contributed by atoms with Crippen molar-refractivity contribution in [3.63, 3.8) is 0 Å². The summed E-state index contributed by atoms with van der Waals surface area (Å²) in [5.41, 5.74) is 2.23. The van der Waals surface area contributed by atoms with Crippen molar-refractivity contribution in [1.29, 1.82) is 0 Å². The quantitative estimate of drug-likeness (QED) is 0.870. The minimum Gasteiger partial charge on any atom is -0.493 e. The smallest absolute Gasteiger partial charge is 0.317 e. The lowest BCUT2D eigenvalue weighted by molar-refractivity contribution is 0.122. The molecule has 0 aromatic heterocycles. The van der Waals surface area contributed by atoms with Gasteiger partial charge in [0.2, 0.25) is 0 Å². The second-order valence-electron chi connectivity index (χ2n) is 7.89. The first-order valence-corrected chi connectivity index (χ1v) is 11.2. The molecule has 6 nitrogen and oxygen atoms in total. The lowest BCUT2D eigenvalue weighted by atomic mass is 9.80. The van der Waals surface area contributed by atoms with Crippen LogP contribution in [-0.2, 0) is 22.7 Å². The van der Waals surface area contributed by atoms with Crippen LogP contribution in [0.5, 0.6) is 5.75 Å². The molecule has 3 heterocycles. The fourth-order valence-electron chi connectivity index (χ4n) is 4.51. The molecule has 3 aliphatic rings. The van der Waals surface area contributed by atoms with E-state index in [1.165, 1.54) is 11.1 Å². The van der Waals surface area contributed by atoms with E-state index < -0.39 is 9.84 Å². The molecule has 0 saturated carbocycles. The van der Waals surface area contributed by atoms with Gasteiger partial charge in [-0.05, 0) is 42.9 Å². The number of piperidine rings is 1. The number of carbonyl (C=O) groups is 1. The number of ether oxygens (including phenoxy) is 1. The monoisotopic (exact) mass is 378 g/mol. The van der Waals surface area contributed by atoms with Gasteiger partial charge in [0.25, 0.3) is 0 Å². The van der Waals surface area contributed by atoms with E-state index in [1.807, 2.05) is 6.07 Å². The van der Waals surface area contributed by atoms with Gasteiger partial charge in [0.15, 0.2) is 9.84 Å². The molecule has 1 atom stereocenters. The number of nitrogens with one attached hydrogen (secondary N) is 1. The van der Waals surface area contributed by atoms with Crippen molar-refractivity contribution in [3.05, 3.63) is 29.3 Å². The first kappa shape index (κ1) is 17.6. The van der Waals surface area contributed by atoms with E-state index in [0.717, 1.165) is 38.0 Å². The Morgan fingerprint density at radius 2 is 2.19 bits per heavy atom. The molecule has 1 aromatic carbocycles. The summed E-state index contributed by atoms with van der Waals surface area (Å²) in [7, 11) is -2.93. The summed E-state index contributed by atoms with van der Waals surface area (Å²) in [6.45, 7) is 2.61. The fourth-order valence-corrected chi connectivity index (χ4v) is 6.71. The van der Waals surface area contributed by atoms with Crippen molar-refractivity contribution in [2.24, 2.45) is 5.41 Å². The zero-order chi connectivity index (χ0) is 18.2. The molecule has 7 heteroatoms. The fraction of sp³-hybridized carbons (Fsp3) is 0.632. The molecular weight excluding hydrogens is 352 g/mol. The lowest BCUT2D eigenvalue weighted by Crippen LogP contribution is -2.50. The minimum atomic E-state index is -2.93. The highest BCUT2D eigenvalue weighted by Crippen LogP contribution is 2.40. The Morgan fingerprint density at radius 1 is 1.31 bits per heavy atom. The maximum absolute atomic E-state index is 12.5. The number of nitrogens with zero attached hydrogens (tertiary/aromatic N) is 1. The molecule has 2 amide bonds. The molecule has 26 heavy (non-hydrogen) atoms. The molecule has 0 bridgehead atoms. The molecule has 3 aliphatic heterocycles. The van der Waals surface area contributed by atoms with Crippen molar-refractivity contribution in [3.8, 4) is 5.75 Å². The standard InChI is InChI=1S/C19H26N2O4S/c22-18(20-8-4-15-2-3-17-16(12-15)5-10-25-17)21-9-1-6-19(13-21)7-11-26(23,24)14-19/h2-3,12H,1,4-11,13-14H2,(H,20,22)/t19-/m0/s1. The van der Waals surface area contributed by atoms with Gasteiger partial charge in [-0.15, -0.1) is 0 Å². The highest BCUT2D eigenvalue weighted by atomic mass is 32.2. The van der Waals surface area contributed by atoms with Gasteiger partial charge in [-0.25, -0.2) is 13.2 Å². The number of benzene rings is 1. The molecule has 0 aliphatic carbocycles. The largest absolute Gasteiger partial charge is 0.493 e. The van der Waals surface area contributed by atoms with E-state index in [-0.39, 0.29) is 23.0 Å². The number of fused-ring (bicyclic) bond motifs is 1. The van der Waals surface area contributed by atoms with Gasteiger partial charge in [0.1, 0.15) is 5.75 Å². The van der Waals surface area contributed by atoms with E-state index in [0.29, 0.717) is 26.1 Å². The summed E-state index contributed by atoms with van der Waals surface area (Å²) < 4.78 is 29.2. The van der Waals surface area contributed by atoms with Gasteiger partial charge in [-0.1, -0.05) is 12.1 Å². The summed E-state index contributed by atoms with van der Waals surface area (Å²) in [6.07, 6.45) is 4.22. The molecule has 142 valence electrons. The van der Waals surface area contributed by atoms with Crippen LogP contribution in [0.4, 0.5) is 4.79 Å². The van der Waals surface area contributed by atoms with Crippen LogP contribution in [0.1, 0.15) is 30.4 Å². The van der Waals surface area contributed by atoms with Crippen LogP contribution >= 0.6 is 0 Å². The van der Waals surface area contributed by atoms with Gasteiger partial charge in [0, 0.05) is 31.5 Å². The first-order chi connectivity index (χ1) is 12.4. The lowest BCUT2D eigenvalue weighted by Gasteiger charge is -2.39. The third-order valence-electron chi connectivity index (χ3n) is 5.86. The Kier molecular flexibility index (Phi) is 4.59. The normalized spacial score (nSPS) is 26.5. The van der Waals surface area contributed by atoms with Crippen molar-refractivity contribution < 1.29 is 17.9 Å². The van der Waals surface area contributed by atoms with Crippen LogP contribution in [0.2, 0.25) is 0 Å². The molecule has 4 rings (SSSR count). The zero-order valence-electron chi connectivity index (χ0n) is 15.0. The van der Waals surface area contributed by atoms with E-state index in [9.17, 15) is 13.2 Å². The van der Waals surface area contributed by atoms with Gasteiger partial charge >= 0.3 is 6.03 Å². The predicted octanol–water partition coefficient (Wildman–Crippen LogP) is 1.77. The molecular formula is C19H26N2O4S. The van der Waals surface area contributed by atoms with Gasteiger partial charge in [-0.2, -0.15) is 0 Å². The molecule has 2 saturated heterocycles. The van der Waals surface area contributed by atoms with Crippen molar-refractivity contribution >= 4 is 15.9 Å². The van der Waals surface area contributed by atoms with E-state index in [4.69, 9.17) is 4.74 Å². The van der Waals surface area contributed by atoms with Gasteiger partial charge in [0.05, 0.1) is 18.1 Å². The topological polar surface area (TPSA) is 75.7 Å². The first-order valence-electron chi connectivity index (χ1n) is 9.43. The van der Waals surface area contributed by atoms with Crippen LogP contribution in [0.15, 0.2) is 18.2 Å². The third-order valence-corrected chi connectivity index (χ3v) is 7.74. The number of hydrogen-bond acceptors (Lipinski definition) is 4. The van der Waals surface area contributed by atoms with Crippen LogP contribution in [0.25, 0.3) is 0 Å². The number of rotatable bonds is 3. The second-order valence-corrected chi connectivity index (χ2v) is 10.1. The molecule has 1 spiro atoms. The predicted molar refractivity (Wildman–Crippen MR) is 99.3 cm³/mol. The van der Waals surface area contributed by atoms with E-state index >= 15 is 0 Å². The Bertz CT molecular complexity index is 808. The molecule has 0 unspecified atom stereocenters. The Morgan fingerprint density at radius 3 is 3.00 bits per heavy atom. The van der Waals surface area contributed by atoms with Crippen molar-refractivity contribution in [2.75, 3.05) is 37.7 Å². The molecule has 1 N–H and O–H groups in total. The number of urea groups is 1. The highest BCUT2D eigenvalue weighted by molar-refractivity contribution is 7.91. The van der Waals surface area contributed by atoms with Crippen molar-refractivity contribution in [1.82, 2.24) is 10.2 Å². The number of amides is 2. The van der Waals surface area contributed by atoms with Crippen molar-refractivity contribution in [2.45, 2.75) is 32.1 Å². The third kappa shape index (κ3) is 3.68. The number of hydrogen-bond donors (Lipinski definition) is 1. The maximum atomic E-state index is 12.5. The summed E-state index contributed by atoms with van der Waals surface area (Å²) >= 11 is 0. The average molecular weight is 378 g/mol. The number of sulfone groups is 1. The zero-order valence-corrected chi connectivity index (χ0v) is 15.8. The van der Waals surface area contributed by atoms with Gasteiger partial charge in [-0.3, -0.25) is 0 Å². The van der Waals surface area contributed by atoms with Crippen LogP contribution in [0.3, 0.4) is 0 Å². The summed E-state index contributed by atoms with van der Waals surface area (Å²) in [5, 5.41) is 3.00. The minimum absolute atomic E-state index is 0.0714. The van der Waals surface area contributed by atoms with Crippen LogP contribution < -0.4 is 10.1 Å². The Balaban J connectivity index is 1.29. The highest BCUT2D eigenvalue weighted by Gasteiger charge is 2.45. The van der Waals surface area contributed by atoms with Crippen LogP contribution in [-0.4, -0.2) is 57.1 Å². The van der Waals surface area contributed by atoms with E-state index in [1.54, 1.807) is 4.90 Å². The average Bonchev–Trinajstić information content (AvgIpc) is 3.18. The Hall–Kier alpha value is -1.76. The summed E-state index contributed by atoms with van der Waals surface area (Å²) in [4.78, 5) is 14.3. The summed E-state index contributed by atoms with van der Waals surface area (Å²) in [6, 6.07) is 6.15. The molecule has 1 aromatic rings. The number of carbonyl (C=O) groups excluding carboxylic acids is 1. The molecule has 2 fully saturated rings. The van der Waals surface area contributed by atoms with Gasteiger partial charge < -0.3 is 15.0 Å². The molecule has 0 radical (unpaired) electrons.